The summed E-state index contributed by atoms with van der Waals surface area (Å²) in [6, 6.07) is 16.3. The number of nitrogens with zero attached hydrogens (tertiary/aromatic N) is 1. The van der Waals surface area contributed by atoms with Gasteiger partial charge in [-0.15, -0.1) is 0 Å². The first-order chi connectivity index (χ1) is 16.7. The topological polar surface area (TPSA) is 142 Å². The van der Waals surface area contributed by atoms with E-state index in [0.29, 0.717) is 24.5 Å². The standard InChI is InChI=1S/C24H25ClN2O7S/c1-27(35(32)33)21-13-17(5-9-22(21)28)23(29)14-26-10-11-34-18-6-2-15(3-7-18)16-4-8-19(24(30)31)20(25)12-16/h2-9,12-13,23,26,28-29H,10-11,14H2,1H3,(H,30,31)(H,32,33)/p-1. The molecule has 0 spiro atoms. The van der Waals surface area contributed by atoms with Crippen molar-refractivity contribution in [1.29, 1.82) is 0 Å². The van der Waals surface area contributed by atoms with Crippen molar-refractivity contribution < 1.29 is 33.6 Å². The highest BCUT2D eigenvalue weighted by molar-refractivity contribution is 7.80. The summed E-state index contributed by atoms with van der Waals surface area (Å²) < 4.78 is 28.8. The predicted molar refractivity (Wildman–Crippen MR) is 133 cm³/mol. The molecule has 0 saturated heterocycles. The fraction of sp³-hybridized carbons (Fsp3) is 0.208. The molecule has 0 aliphatic heterocycles. The normalized spacial score (nSPS) is 12.7. The molecular formula is C24H24ClN2O7S-. The molecule has 3 rings (SSSR count). The summed E-state index contributed by atoms with van der Waals surface area (Å²) in [4.78, 5) is 11.1. The maximum absolute atomic E-state index is 11.1. The van der Waals surface area contributed by atoms with Crippen LogP contribution in [0.2, 0.25) is 5.02 Å². The lowest BCUT2D eigenvalue weighted by molar-refractivity contribution is 0.0697. The van der Waals surface area contributed by atoms with Gasteiger partial charge >= 0.3 is 5.97 Å². The quantitative estimate of drug-likeness (QED) is 0.223. The van der Waals surface area contributed by atoms with E-state index in [0.717, 1.165) is 15.4 Å². The molecule has 35 heavy (non-hydrogen) atoms. The molecule has 0 amide bonds. The maximum Gasteiger partial charge on any atom is 0.337 e. The third-order valence-corrected chi connectivity index (χ3v) is 6.18. The van der Waals surface area contributed by atoms with Crippen molar-refractivity contribution in [3.8, 4) is 22.6 Å². The number of rotatable bonds is 11. The molecule has 2 unspecified atom stereocenters. The highest BCUT2D eigenvalue weighted by Gasteiger charge is 2.14. The molecule has 9 nitrogen and oxygen atoms in total. The first kappa shape index (κ1) is 26.5. The van der Waals surface area contributed by atoms with Gasteiger partial charge in [0.25, 0.3) is 0 Å². The SMILES string of the molecule is CN(c1cc(C(O)CNCCOc2ccc(-c3ccc(C(=O)O)c(Cl)c3)cc2)ccc1O)S(=O)[O-]. The molecule has 0 bridgehead atoms. The second-order valence-electron chi connectivity index (χ2n) is 7.56. The van der Waals surface area contributed by atoms with Gasteiger partial charge in [0.05, 0.1) is 22.4 Å². The Morgan fingerprint density at radius 3 is 2.46 bits per heavy atom. The minimum atomic E-state index is -2.55. The molecule has 2 atom stereocenters. The molecule has 0 aliphatic rings. The number of hydrogen-bond donors (Lipinski definition) is 4. The summed E-state index contributed by atoms with van der Waals surface area (Å²) in [6.07, 6.45) is -0.915. The average Bonchev–Trinajstić information content (AvgIpc) is 2.83. The number of ether oxygens (including phenoxy) is 1. The van der Waals surface area contributed by atoms with Crippen LogP contribution in [0.5, 0.6) is 11.5 Å². The van der Waals surface area contributed by atoms with E-state index in [-0.39, 0.29) is 28.6 Å². The summed E-state index contributed by atoms with van der Waals surface area (Å²) in [5.41, 5.74) is 2.21. The third-order valence-electron chi connectivity index (χ3n) is 5.22. The van der Waals surface area contributed by atoms with Crippen molar-refractivity contribution >= 4 is 34.5 Å². The number of carboxylic acids is 1. The summed E-state index contributed by atoms with van der Waals surface area (Å²) >= 11 is 3.48. The Morgan fingerprint density at radius 2 is 1.83 bits per heavy atom. The Balaban J connectivity index is 1.48. The number of aliphatic hydroxyl groups excluding tert-OH is 1. The van der Waals surface area contributed by atoms with E-state index in [1.54, 1.807) is 24.3 Å². The number of carbonyl (C=O) groups is 1. The van der Waals surface area contributed by atoms with Crippen LogP contribution in [-0.2, 0) is 11.3 Å². The lowest BCUT2D eigenvalue weighted by Crippen LogP contribution is -2.26. The minimum absolute atomic E-state index is 0.0464. The molecule has 4 N–H and O–H groups in total. The minimum Gasteiger partial charge on any atom is -0.755 e. The number of nitrogens with one attached hydrogen (secondary N) is 1. The molecule has 0 saturated carbocycles. The summed E-state index contributed by atoms with van der Waals surface area (Å²) in [5, 5.41) is 32.5. The second kappa shape index (κ2) is 12.0. The van der Waals surface area contributed by atoms with E-state index in [9.17, 15) is 23.8 Å². The number of halogens is 1. The molecular weight excluding hydrogens is 496 g/mol. The number of aliphatic hydroxyl groups is 1. The monoisotopic (exact) mass is 519 g/mol. The van der Waals surface area contributed by atoms with Crippen molar-refractivity contribution in [3.05, 3.63) is 76.8 Å². The summed E-state index contributed by atoms with van der Waals surface area (Å²) in [5.74, 6) is -0.648. The van der Waals surface area contributed by atoms with Gasteiger partial charge in [-0.05, 0) is 53.1 Å². The molecule has 3 aromatic carbocycles. The van der Waals surface area contributed by atoms with Gasteiger partial charge in [-0.2, -0.15) is 0 Å². The van der Waals surface area contributed by atoms with Crippen LogP contribution in [0.3, 0.4) is 0 Å². The van der Waals surface area contributed by atoms with E-state index >= 15 is 0 Å². The third kappa shape index (κ3) is 6.93. The van der Waals surface area contributed by atoms with Gasteiger partial charge in [0.1, 0.15) is 18.1 Å². The van der Waals surface area contributed by atoms with Crippen LogP contribution in [0.25, 0.3) is 11.1 Å². The van der Waals surface area contributed by atoms with E-state index in [1.807, 2.05) is 12.1 Å². The maximum atomic E-state index is 11.1. The van der Waals surface area contributed by atoms with Crippen molar-refractivity contribution in [2.75, 3.05) is 31.0 Å². The zero-order chi connectivity index (χ0) is 25.5. The van der Waals surface area contributed by atoms with E-state index in [1.165, 1.54) is 31.3 Å². The van der Waals surface area contributed by atoms with Crippen LogP contribution in [0.15, 0.2) is 60.7 Å². The van der Waals surface area contributed by atoms with Crippen molar-refractivity contribution in [2.45, 2.75) is 6.10 Å². The molecule has 0 fully saturated rings. The van der Waals surface area contributed by atoms with E-state index in [4.69, 9.17) is 21.4 Å². The molecule has 0 radical (unpaired) electrons. The van der Waals surface area contributed by atoms with Crippen molar-refractivity contribution in [3.63, 3.8) is 0 Å². The van der Waals surface area contributed by atoms with Gasteiger partial charge in [-0.3, -0.25) is 4.21 Å². The van der Waals surface area contributed by atoms with Gasteiger partial charge in [0.2, 0.25) is 0 Å². The van der Waals surface area contributed by atoms with Gasteiger partial charge < -0.3 is 34.2 Å². The Hall–Kier alpha value is -3.15. The fourth-order valence-electron chi connectivity index (χ4n) is 3.29. The zero-order valence-corrected chi connectivity index (χ0v) is 20.3. The number of anilines is 1. The smallest absolute Gasteiger partial charge is 0.337 e. The highest BCUT2D eigenvalue weighted by atomic mass is 35.5. The second-order valence-corrected chi connectivity index (χ2v) is 8.94. The summed E-state index contributed by atoms with van der Waals surface area (Å²) in [7, 11) is 1.29. The number of benzene rings is 3. The predicted octanol–water partition coefficient (Wildman–Crippen LogP) is 3.34. The lowest BCUT2D eigenvalue weighted by atomic mass is 10.0. The van der Waals surface area contributed by atoms with Gasteiger partial charge in [-0.1, -0.05) is 35.9 Å². The highest BCUT2D eigenvalue weighted by Crippen LogP contribution is 2.30. The molecule has 0 aliphatic carbocycles. The van der Waals surface area contributed by atoms with Gasteiger partial charge in [0, 0.05) is 31.4 Å². The van der Waals surface area contributed by atoms with Crippen molar-refractivity contribution in [2.24, 2.45) is 0 Å². The molecule has 3 aromatic rings. The Kier molecular flexibility index (Phi) is 9.07. The Bertz CT molecular complexity index is 1210. The molecule has 0 aromatic heterocycles. The van der Waals surface area contributed by atoms with Crippen LogP contribution in [0.4, 0.5) is 5.69 Å². The van der Waals surface area contributed by atoms with Gasteiger partial charge in [0.15, 0.2) is 0 Å². The number of phenols is 1. The number of aromatic hydroxyl groups is 1. The number of aromatic carboxylic acids is 1. The largest absolute Gasteiger partial charge is 0.755 e. The number of hydrogen-bond acceptors (Lipinski definition) is 7. The van der Waals surface area contributed by atoms with Crippen LogP contribution in [0.1, 0.15) is 22.0 Å². The van der Waals surface area contributed by atoms with Crippen LogP contribution >= 0.6 is 11.6 Å². The van der Waals surface area contributed by atoms with Crippen LogP contribution < -0.4 is 14.4 Å². The number of carboxylic acid groups (broad SMARTS) is 1. The lowest BCUT2D eigenvalue weighted by Gasteiger charge is -2.23. The van der Waals surface area contributed by atoms with Crippen LogP contribution in [0, 0.1) is 0 Å². The van der Waals surface area contributed by atoms with Crippen LogP contribution in [-0.4, -0.2) is 56.8 Å². The first-order valence-electron chi connectivity index (χ1n) is 10.5. The van der Waals surface area contributed by atoms with E-state index < -0.39 is 23.3 Å². The first-order valence-corrected chi connectivity index (χ1v) is 11.9. The van der Waals surface area contributed by atoms with Gasteiger partial charge in [-0.25, -0.2) is 4.79 Å². The average molecular weight is 520 g/mol. The van der Waals surface area contributed by atoms with E-state index in [2.05, 4.69) is 5.32 Å². The number of phenolic OH excluding ortho intramolecular Hbond substituents is 1. The molecule has 0 heterocycles. The zero-order valence-electron chi connectivity index (χ0n) is 18.7. The van der Waals surface area contributed by atoms with Crippen molar-refractivity contribution in [1.82, 2.24) is 5.32 Å². The summed E-state index contributed by atoms with van der Waals surface area (Å²) in [6.45, 7) is 0.980. The molecule has 186 valence electrons. The Morgan fingerprint density at radius 1 is 1.14 bits per heavy atom. The molecule has 11 heteroatoms. The Labute approximate surface area is 210 Å². The fourth-order valence-corrected chi connectivity index (χ4v) is 3.86.